The van der Waals surface area contributed by atoms with Gasteiger partial charge in [-0.1, -0.05) is 38.4 Å². The zero-order valence-electron chi connectivity index (χ0n) is 17.0. The van der Waals surface area contributed by atoms with Crippen molar-refractivity contribution in [1.82, 2.24) is 10.2 Å². The van der Waals surface area contributed by atoms with Crippen LogP contribution in [-0.4, -0.2) is 25.7 Å². The highest BCUT2D eigenvalue weighted by Crippen LogP contribution is 2.34. The first-order valence-electron chi connectivity index (χ1n) is 9.06. The van der Waals surface area contributed by atoms with Crippen LogP contribution in [0.25, 0.3) is 0 Å². The fourth-order valence-electron chi connectivity index (χ4n) is 2.66. The summed E-state index contributed by atoms with van der Waals surface area (Å²) in [7, 11) is -2.49. The van der Waals surface area contributed by atoms with Gasteiger partial charge in [0, 0.05) is 12.3 Å². The van der Waals surface area contributed by atoms with Gasteiger partial charge in [-0.25, -0.2) is 8.42 Å². The van der Waals surface area contributed by atoms with Crippen LogP contribution in [0.5, 0.6) is 17.4 Å². The van der Waals surface area contributed by atoms with E-state index in [-0.39, 0.29) is 32.6 Å². The number of hydrogen-bond donors (Lipinski definition) is 1. The normalized spacial score (nSPS) is 11.8. The van der Waals surface area contributed by atoms with E-state index in [4.69, 9.17) is 21.1 Å². The van der Waals surface area contributed by atoms with E-state index in [1.807, 2.05) is 26.8 Å². The van der Waals surface area contributed by atoms with E-state index in [0.29, 0.717) is 5.75 Å². The van der Waals surface area contributed by atoms with Crippen molar-refractivity contribution in [3.8, 4) is 17.4 Å². The molecule has 0 unspecified atom stereocenters. The molecule has 0 saturated heterocycles. The first-order valence-corrected chi connectivity index (χ1v) is 10.9. The van der Waals surface area contributed by atoms with E-state index in [1.165, 1.54) is 19.4 Å². The molecule has 0 aliphatic rings. The van der Waals surface area contributed by atoms with Gasteiger partial charge in [0.2, 0.25) is 5.88 Å². The van der Waals surface area contributed by atoms with Gasteiger partial charge in [-0.15, -0.1) is 5.10 Å². The number of ether oxygens (including phenoxy) is 2. The Morgan fingerprint density at radius 3 is 2.37 bits per heavy atom. The Morgan fingerprint density at radius 2 is 1.77 bits per heavy atom. The summed E-state index contributed by atoms with van der Waals surface area (Å²) in [6.45, 7) is 6.02. The third kappa shape index (κ3) is 5.01. The maximum Gasteiger partial charge on any atom is 0.265 e. The van der Waals surface area contributed by atoms with E-state index in [0.717, 1.165) is 5.56 Å². The van der Waals surface area contributed by atoms with Gasteiger partial charge in [-0.2, -0.15) is 5.10 Å². The predicted octanol–water partition coefficient (Wildman–Crippen LogP) is 5.03. The summed E-state index contributed by atoms with van der Waals surface area (Å²) in [5.74, 6) is 0.855. The molecule has 0 spiro atoms. The molecular weight excluding hydrogens is 426 g/mol. The molecule has 1 heterocycles. The average Bonchev–Trinajstić information content (AvgIpc) is 2.69. The fraction of sp³-hybridized carbons (Fsp3) is 0.238. The second-order valence-electron chi connectivity index (χ2n) is 7.53. The van der Waals surface area contributed by atoms with Crippen molar-refractivity contribution in [2.75, 3.05) is 11.8 Å². The van der Waals surface area contributed by atoms with E-state index in [1.54, 1.807) is 36.4 Å². The fourth-order valence-corrected chi connectivity index (χ4v) is 4.13. The van der Waals surface area contributed by atoms with Crippen LogP contribution < -0.4 is 14.2 Å². The van der Waals surface area contributed by atoms with Gasteiger partial charge in [-0.3, -0.25) is 4.72 Å². The zero-order chi connectivity index (χ0) is 21.9. The molecule has 0 aliphatic heterocycles. The van der Waals surface area contributed by atoms with Gasteiger partial charge < -0.3 is 9.47 Å². The number of hydrogen-bond acceptors (Lipinski definition) is 6. The number of nitrogens with zero attached hydrogens (tertiary/aromatic N) is 2. The summed E-state index contributed by atoms with van der Waals surface area (Å²) in [4.78, 5) is 0.0495. The summed E-state index contributed by atoms with van der Waals surface area (Å²) >= 11 is 6.27. The molecule has 0 fully saturated rings. The standard InChI is InChI=1S/C21H22ClN3O4S/c1-21(2,3)14-7-9-18(28-4)19(12-14)30(26,27)25-15-8-10-17(16(22)13-15)29-20-6-5-11-23-24-20/h5-13,25H,1-4H3. The third-order valence-corrected chi connectivity index (χ3v) is 5.96. The number of rotatable bonds is 6. The van der Waals surface area contributed by atoms with Crippen LogP contribution in [0.15, 0.2) is 59.6 Å². The molecule has 1 aromatic heterocycles. The van der Waals surface area contributed by atoms with Crippen molar-refractivity contribution < 1.29 is 17.9 Å². The number of halogens is 1. The highest BCUT2D eigenvalue weighted by molar-refractivity contribution is 7.92. The number of sulfonamides is 1. The summed E-state index contributed by atoms with van der Waals surface area (Å²) in [6, 6.07) is 13.0. The Labute approximate surface area is 181 Å². The molecule has 7 nitrogen and oxygen atoms in total. The predicted molar refractivity (Wildman–Crippen MR) is 116 cm³/mol. The van der Waals surface area contributed by atoms with E-state index < -0.39 is 10.0 Å². The number of aromatic nitrogens is 2. The molecule has 0 amide bonds. The van der Waals surface area contributed by atoms with Crippen molar-refractivity contribution in [1.29, 1.82) is 0 Å². The lowest BCUT2D eigenvalue weighted by Crippen LogP contribution is -2.17. The SMILES string of the molecule is COc1ccc(C(C)(C)C)cc1S(=O)(=O)Nc1ccc(Oc2cccnn2)c(Cl)c1. The van der Waals surface area contributed by atoms with Crippen LogP contribution in [0, 0.1) is 0 Å². The van der Waals surface area contributed by atoms with Gasteiger partial charge in [0.25, 0.3) is 10.0 Å². The van der Waals surface area contributed by atoms with Crippen LogP contribution in [0.2, 0.25) is 5.02 Å². The number of methoxy groups -OCH3 is 1. The molecule has 0 radical (unpaired) electrons. The maximum atomic E-state index is 13.1. The molecule has 158 valence electrons. The summed E-state index contributed by atoms with van der Waals surface area (Å²) < 4.78 is 39.5. The smallest absolute Gasteiger partial charge is 0.265 e. The minimum atomic E-state index is -3.92. The first kappa shape index (κ1) is 21.9. The van der Waals surface area contributed by atoms with Crippen LogP contribution in [0.3, 0.4) is 0 Å². The first-order chi connectivity index (χ1) is 14.1. The molecule has 2 aromatic carbocycles. The van der Waals surface area contributed by atoms with Gasteiger partial charge >= 0.3 is 0 Å². The minimum absolute atomic E-state index is 0.0495. The van der Waals surface area contributed by atoms with Crippen molar-refractivity contribution in [2.24, 2.45) is 0 Å². The van der Waals surface area contributed by atoms with Gasteiger partial charge in [0.1, 0.15) is 16.4 Å². The molecule has 0 atom stereocenters. The molecular formula is C21H22ClN3O4S. The van der Waals surface area contributed by atoms with Gasteiger partial charge in [-0.05, 0) is 47.4 Å². The highest BCUT2D eigenvalue weighted by atomic mass is 35.5. The summed E-state index contributed by atoms with van der Waals surface area (Å²) in [5, 5.41) is 7.78. The molecule has 0 aliphatic carbocycles. The number of nitrogens with one attached hydrogen (secondary N) is 1. The van der Waals surface area contributed by atoms with Gasteiger partial charge in [0.15, 0.2) is 0 Å². The Kier molecular flexibility index (Phi) is 6.19. The third-order valence-electron chi connectivity index (χ3n) is 4.27. The van der Waals surface area contributed by atoms with Gasteiger partial charge in [0.05, 0.1) is 17.8 Å². The van der Waals surface area contributed by atoms with Crippen LogP contribution in [-0.2, 0) is 15.4 Å². The second kappa shape index (κ2) is 8.49. The Bertz CT molecular complexity index is 1150. The molecule has 9 heteroatoms. The molecule has 30 heavy (non-hydrogen) atoms. The van der Waals surface area contributed by atoms with E-state index in [9.17, 15) is 8.42 Å². The number of anilines is 1. The summed E-state index contributed by atoms with van der Waals surface area (Å²) in [6.07, 6.45) is 1.52. The average molecular weight is 448 g/mol. The molecule has 1 N–H and O–H groups in total. The molecule has 3 rings (SSSR count). The van der Waals surface area contributed by atoms with E-state index in [2.05, 4.69) is 14.9 Å². The van der Waals surface area contributed by atoms with Crippen molar-refractivity contribution >= 4 is 27.3 Å². The van der Waals surface area contributed by atoms with Crippen LogP contribution >= 0.6 is 11.6 Å². The van der Waals surface area contributed by atoms with Crippen molar-refractivity contribution in [3.63, 3.8) is 0 Å². The maximum absolute atomic E-state index is 13.1. The lowest BCUT2D eigenvalue weighted by Gasteiger charge is -2.21. The minimum Gasteiger partial charge on any atom is -0.495 e. The lowest BCUT2D eigenvalue weighted by atomic mass is 9.87. The molecule has 0 saturated carbocycles. The topological polar surface area (TPSA) is 90.4 Å². The van der Waals surface area contributed by atoms with Crippen LogP contribution in [0.1, 0.15) is 26.3 Å². The highest BCUT2D eigenvalue weighted by Gasteiger charge is 2.24. The Balaban J connectivity index is 1.89. The largest absolute Gasteiger partial charge is 0.495 e. The zero-order valence-corrected chi connectivity index (χ0v) is 18.6. The quantitative estimate of drug-likeness (QED) is 0.570. The Morgan fingerprint density at radius 1 is 1.03 bits per heavy atom. The molecule has 3 aromatic rings. The number of benzene rings is 2. The molecule has 0 bridgehead atoms. The summed E-state index contributed by atoms with van der Waals surface area (Å²) in [5.41, 5.74) is 0.934. The monoisotopic (exact) mass is 447 g/mol. The van der Waals surface area contributed by atoms with Crippen LogP contribution in [0.4, 0.5) is 5.69 Å². The van der Waals surface area contributed by atoms with E-state index >= 15 is 0 Å². The Hall–Kier alpha value is -2.84. The van der Waals surface area contributed by atoms with Crippen molar-refractivity contribution in [3.05, 3.63) is 65.3 Å². The van der Waals surface area contributed by atoms with Crippen molar-refractivity contribution in [2.45, 2.75) is 31.1 Å². The lowest BCUT2D eigenvalue weighted by molar-refractivity contribution is 0.402. The second-order valence-corrected chi connectivity index (χ2v) is 9.59.